The summed E-state index contributed by atoms with van der Waals surface area (Å²) in [7, 11) is 1.93. The topological polar surface area (TPSA) is 81.3 Å². The normalized spacial score (nSPS) is 28.5. The molecular formula is C41H55N7. The Balaban J connectivity index is 1.26. The lowest BCUT2D eigenvalue weighted by atomic mass is 9.75. The first-order valence-corrected chi connectivity index (χ1v) is 17.5. The first kappa shape index (κ1) is 34.9. The van der Waals surface area contributed by atoms with Gasteiger partial charge in [-0.25, -0.2) is 9.98 Å². The monoisotopic (exact) mass is 645 g/mol. The highest BCUT2D eigenvalue weighted by molar-refractivity contribution is 6.12. The Morgan fingerprint density at radius 2 is 1.79 bits per heavy atom. The molecule has 0 aromatic carbocycles. The van der Waals surface area contributed by atoms with E-state index in [1.807, 2.05) is 18.0 Å². The molecule has 7 heteroatoms. The van der Waals surface area contributed by atoms with Crippen LogP contribution in [0.4, 0.5) is 0 Å². The third-order valence-electron chi connectivity index (χ3n) is 11.4. The molecule has 48 heavy (non-hydrogen) atoms. The molecule has 2 aliphatic heterocycles. The van der Waals surface area contributed by atoms with Crippen LogP contribution in [0.2, 0.25) is 0 Å². The van der Waals surface area contributed by atoms with Gasteiger partial charge < -0.3 is 26.2 Å². The predicted octanol–water partition coefficient (Wildman–Crippen LogP) is 7.23. The van der Waals surface area contributed by atoms with Crippen LogP contribution in [-0.2, 0) is 0 Å². The number of hydrogen-bond acceptors (Lipinski definition) is 7. The SMILES string of the molecule is C#C/C=C1/N=C(C(=C)NC/C(C)=C/C2=C(C=C)CCN(C3=C(N)C(=C)C3C)C2)N=C(C(=C)NCC23CCCC(C=C)(CCC2)CC3)N1C. The summed E-state index contributed by atoms with van der Waals surface area (Å²) in [6, 6.07) is 0. The van der Waals surface area contributed by atoms with Gasteiger partial charge >= 0.3 is 0 Å². The number of hydrogen-bond donors (Lipinski definition) is 3. The molecule has 0 radical (unpaired) electrons. The molecule has 0 aromatic rings. The van der Waals surface area contributed by atoms with E-state index in [4.69, 9.17) is 22.1 Å². The number of terminal acetylenes is 1. The van der Waals surface area contributed by atoms with Crippen LogP contribution < -0.4 is 16.4 Å². The van der Waals surface area contributed by atoms with E-state index < -0.39 is 0 Å². The molecular weight excluding hydrogens is 591 g/mol. The van der Waals surface area contributed by atoms with E-state index in [2.05, 4.69) is 80.3 Å². The van der Waals surface area contributed by atoms with Crippen LogP contribution in [-0.4, -0.2) is 54.7 Å². The van der Waals surface area contributed by atoms with Crippen molar-refractivity contribution < 1.29 is 0 Å². The van der Waals surface area contributed by atoms with Crippen LogP contribution >= 0.6 is 0 Å². The van der Waals surface area contributed by atoms with Crippen molar-refractivity contribution in [2.24, 2.45) is 32.5 Å². The number of amidine groups is 2. The number of nitrogens with two attached hydrogens (primary N) is 1. The smallest absolute Gasteiger partial charge is 0.179 e. The van der Waals surface area contributed by atoms with Gasteiger partial charge in [0.15, 0.2) is 11.7 Å². The van der Waals surface area contributed by atoms with Crippen LogP contribution in [0.5, 0.6) is 0 Å². The molecule has 0 spiro atoms. The van der Waals surface area contributed by atoms with Crippen molar-refractivity contribution >= 4 is 11.7 Å². The lowest BCUT2D eigenvalue weighted by Gasteiger charge is -2.42. The number of aliphatic imine (C=N–C) groups is 2. The third-order valence-corrected chi connectivity index (χ3v) is 11.4. The van der Waals surface area contributed by atoms with Crippen LogP contribution in [0.3, 0.4) is 0 Å². The van der Waals surface area contributed by atoms with Crippen molar-refractivity contribution in [3.05, 3.63) is 108 Å². The molecule has 4 N–H and O–H groups in total. The van der Waals surface area contributed by atoms with Gasteiger partial charge in [-0.1, -0.05) is 75.8 Å². The molecule has 2 saturated carbocycles. The van der Waals surface area contributed by atoms with Crippen molar-refractivity contribution in [1.29, 1.82) is 0 Å². The van der Waals surface area contributed by atoms with E-state index in [9.17, 15) is 0 Å². The lowest BCUT2D eigenvalue weighted by Crippen LogP contribution is -2.41. The Morgan fingerprint density at radius 3 is 2.44 bits per heavy atom. The van der Waals surface area contributed by atoms with Gasteiger partial charge in [0.25, 0.3) is 0 Å². The zero-order chi connectivity index (χ0) is 34.6. The van der Waals surface area contributed by atoms with Gasteiger partial charge in [-0.05, 0) is 79.4 Å². The van der Waals surface area contributed by atoms with E-state index in [1.54, 1.807) is 6.08 Å². The van der Waals surface area contributed by atoms with Gasteiger partial charge in [0.05, 0.1) is 17.1 Å². The van der Waals surface area contributed by atoms with Crippen molar-refractivity contribution in [2.45, 2.75) is 71.6 Å². The maximum absolute atomic E-state index is 6.32. The van der Waals surface area contributed by atoms with Gasteiger partial charge in [0, 0.05) is 50.9 Å². The summed E-state index contributed by atoms with van der Waals surface area (Å²) in [5, 5.41) is 7.15. The van der Waals surface area contributed by atoms with Crippen LogP contribution in [0.15, 0.2) is 118 Å². The molecule has 1 unspecified atom stereocenters. The number of nitrogens with one attached hydrogen (secondary N) is 2. The van der Waals surface area contributed by atoms with E-state index in [0.29, 0.717) is 41.1 Å². The van der Waals surface area contributed by atoms with Gasteiger partial charge in [0.2, 0.25) is 0 Å². The van der Waals surface area contributed by atoms with Gasteiger partial charge in [-0.3, -0.25) is 0 Å². The number of allylic oxidation sites excluding steroid dienone is 5. The maximum Gasteiger partial charge on any atom is 0.179 e. The minimum absolute atomic E-state index is 0.270. The average molecular weight is 646 g/mol. The highest BCUT2D eigenvalue weighted by atomic mass is 15.3. The highest BCUT2D eigenvalue weighted by Gasteiger charge is 2.41. The summed E-state index contributed by atoms with van der Waals surface area (Å²) in [5.41, 5.74) is 15.1. The lowest BCUT2D eigenvalue weighted by molar-refractivity contribution is 0.219. The molecule has 5 aliphatic rings. The highest BCUT2D eigenvalue weighted by Crippen LogP contribution is 2.52. The number of likely N-dealkylation sites (N-methyl/N-ethyl adjacent to an activating group) is 1. The molecule has 2 bridgehead atoms. The molecule has 7 nitrogen and oxygen atoms in total. The Bertz CT molecular complexity index is 1610. The van der Waals surface area contributed by atoms with E-state index in [0.717, 1.165) is 48.6 Å². The number of nitrogens with zero attached hydrogens (tertiary/aromatic N) is 4. The molecule has 0 saturated heterocycles. The minimum atomic E-state index is 0.270. The minimum Gasteiger partial charge on any atom is -0.397 e. The first-order valence-electron chi connectivity index (χ1n) is 17.5. The van der Waals surface area contributed by atoms with E-state index in [-0.39, 0.29) is 5.41 Å². The second kappa shape index (κ2) is 14.4. The van der Waals surface area contributed by atoms with Crippen molar-refractivity contribution in [1.82, 2.24) is 20.4 Å². The molecule has 3 aliphatic carbocycles. The van der Waals surface area contributed by atoms with Gasteiger partial charge in [-0.2, -0.15) is 0 Å². The zero-order valence-electron chi connectivity index (χ0n) is 29.6. The maximum atomic E-state index is 6.32. The molecule has 5 rings (SSSR count). The summed E-state index contributed by atoms with van der Waals surface area (Å²) in [6.07, 6.45) is 24.7. The van der Waals surface area contributed by atoms with Crippen molar-refractivity contribution in [2.75, 3.05) is 33.2 Å². The van der Waals surface area contributed by atoms with E-state index >= 15 is 0 Å². The summed E-state index contributed by atoms with van der Waals surface area (Å²) in [6.45, 7) is 28.6. The molecule has 1 atom stereocenters. The summed E-state index contributed by atoms with van der Waals surface area (Å²) in [5.74, 6) is 4.74. The van der Waals surface area contributed by atoms with Crippen LogP contribution in [0, 0.1) is 29.1 Å². The molecule has 254 valence electrons. The van der Waals surface area contributed by atoms with Crippen LogP contribution in [0.25, 0.3) is 0 Å². The Morgan fingerprint density at radius 1 is 1.06 bits per heavy atom. The average Bonchev–Trinajstić information content (AvgIpc) is 3.38. The molecule has 0 aromatic heterocycles. The first-order chi connectivity index (χ1) is 22.9. The largest absolute Gasteiger partial charge is 0.397 e. The third kappa shape index (κ3) is 7.04. The molecule has 2 heterocycles. The summed E-state index contributed by atoms with van der Waals surface area (Å²) in [4.78, 5) is 14.0. The fourth-order valence-corrected chi connectivity index (χ4v) is 8.16. The standard InChI is InChI=1S/C41H55N7/c1-10-15-35-45-38(46-39(47(35)9)32(8)44-27-41-19-13-17-40(12-3,21-22-41)18-14-20-41)31(7)43-25-28(4)24-34-26-48(23-16-33(34)11-2)37-30(6)29(5)36(37)42/h1,11-12,15,24,30,43-44H,2-3,5,7-8,13-14,16-23,25-27,42H2,4,6,9H3/b28-24+,35-15-. The quantitative estimate of drug-likeness (QED) is 0.154. The van der Waals surface area contributed by atoms with E-state index in [1.165, 1.54) is 68.2 Å². The predicted molar refractivity (Wildman–Crippen MR) is 203 cm³/mol. The Labute approximate surface area is 289 Å². The van der Waals surface area contributed by atoms with Gasteiger partial charge in [0.1, 0.15) is 5.82 Å². The van der Waals surface area contributed by atoms with Crippen molar-refractivity contribution in [3.8, 4) is 12.3 Å². The zero-order valence-corrected chi connectivity index (χ0v) is 29.6. The second-order valence-electron chi connectivity index (χ2n) is 14.5. The van der Waals surface area contributed by atoms with Crippen molar-refractivity contribution in [3.63, 3.8) is 0 Å². The Kier molecular flexibility index (Phi) is 10.4. The Hall–Kier alpha value is -4.44. The fraction of sp³-hybridized carbons (Fsp3) is 0.463. The number of rotatable bonds is 12. The molecule has 0 amide bonds. The molecule has 2 fully saturated rings. The van der Waals surface area contributed by atoms with Gasteiger partial charge in [-0.15, -0.1) is 13.0 Å². The number of fused-ring (bicyclic) bond motifs is 3. The summed E-state index contributed by atoms with van der Waals surface area (Å²) >= 11 is 0. The summed E-state index contributed by atoms with van der Waals surface area (Å²) < 4.78 is 0. The second-order valence-corrected chi connectivity index (χ2v) is 14.5. The van der Waals surface area contributed by atoms with Crippen LogP contribution in [0.1, 0.15) is 71.6 Å². The fourth-order valence-electron chi connectivity index (χ4n) is 8.16.